The van der Waals surface area contributed by atoms with E-state index in [2.05, 4.69) is 0 Å². The number of carbonyl (C=O) groups excluding carboxylic acids is 1. The number of rotatable bonds is 3. The Morgan fingerprint density at radius 2 is 1.53 bits per heavy atom. The van der Waals surface area contributed by atoms with Crippen LogP contribution < -0.4 is 0 Å². The number of aliphatic hydroxyl groups is 1. The van der Waals surface area contributed by atoms with E-state index in [9.17, 15) is 27.5 Å². The van der Waals surface area contributed by atoms with Crippen LogP contribution in [0.25, 0.3) is 11.1 Å². The third-order valence-electron chi connectivity index (χ3n) is 7.91. The number of halogens is 4. The van der Waals surface area contributed by atoms with Crippen LogP contribution in [-0.4, -0.2) is 48.0 Å². The largest absolute Gasteiger partial charge is 0.448 e. The van der Waals surface area contributed by atoms with Gasteiger partial charge in [-0.15, -0.1) is 0 Å². The number of alkyl halides is 3. The zero-order chi connectivity index (χ0) is 26.7. The average molecular weight is 528 g/mol. The van der Waals surface area contributed by atoms with Crippen molar-refractivity contribution in [3.8, 4) is 11.1 Å². The maximum absolute atomic E-state index is 14.9. The van der Waals surface area contributed by atoms with Gasteiger partial charge < -0.3 is 14.6 Å². The van der Waals surface area contributed by atoms with Crippen molar-refractivity contribution in [3.63, 3.8) is 0 Å². The topological polar surface area (TPSA) is 59.0 Å². The molecule has 2 unspecified atom stereocenters. The lowest BCUT2D eigenvalue weighted by molar-refractivity contribution is -0.143. The summed E-state index contributed by atoms with van der Waals surface area (Å²) in [6.45, 7) is 0.226. The summed E-state index contributed by atoms with van der Waals surface area (Å²) >= 11 is 0. The molecule has 0 spiro atoms. The first kappa shape index (κ1) is 24.9. The molecule has 2 heterocycles. The SMILES string of the molecule is O=C(OCC1c2ccccc2-c2ccccc21)N1C2COCC1CC(O)(c1cccc(C(F)(F)F)c1F)C2. The molecule has 1 amide bonds. The van der Waals surface area contributed by atoms with E-state index in [0.29, 0.717) is 6.07 Å². The number of hydrogen-bond acceptors (Lipinski definition) is 4. The Bertz CT molecular complexity index is 1330. The predicted octanol–water partition coefficient (Wildman–Crippen LogP) is 5.84. The molecule has 3 aliphatic rings. The van der Waals surface area contributed by atoms with Gasteiger partial charge in [-0.2, -0.15) is 13.2 Å². The Labute approximate surface area is 216 Å². The van der Waals surface area contributed by atoms with E-state index in [0.717, 1.165) is 28.3 Å². The van der Waals surface area contributed by atoms with Crippen LogP contribution in [0, 0.1) is 5.82 Å². The molecule has 0 radical (unpaired) electrons. The molecule has 2 fully saturated rings. The van der Waals surface area contributed by atoms with E-state index < -0.39 is 46.9 Å². The van der Waals surface area contributed by atoms with Crippen LogP contribution in [0.5, 0.6) is 0 Å². The fourth-order valence-electron chi connectivity index (χ4n) is 6.27. The highest BCUT2D eigenvalue weighted by Crippen LogP contribution is 2.46. The van der Waals surface area contributed by atoms with Crippen LogP contribution in [0.4, 0.5) is 22.4 Å². The molecule has 198 valence electrons. The minimum Gasteiger partial charge on any atom is -0.448 e. The third-order valence-corrected chi connectivity index (χ3v) is 7.91. The van der Waals surface area contributed by atoms with Crippen molar-refractivity contribution in [1.82, 2.24) is 4.90 Å². The summed E-state index contributed by atoms with van der Waals surface area (Å²) in [5, 5.41) is 11.4. The lowest BCUT2D eigenvalue weighted by Crippen LogP contribution is -2.62. The molecule has 38 heavy (non-hydrogen) atoms. The second-order valence-corrected chi connectivity index (χ2v) is 10.2. The van der Waals surface area contributed by atoms with Gasteiger partial charge in [-0.1, -0.05) is 60.7 Å². The van der Waals surface area contributed by atoms with Gasteiger partial charge in [0, 0.05) is 24.3 Å². The number of fused-ring (bicyclic) bond motifs is 5. The van der Waals surface area contributed by atoms with Crippen molar-refractivity contribution in [2.75, 3.05) is 19.8 Å². The molecular formula is C29H25F4NO4. The minimum atomic E-state index is -4.89. The van der Waals surface area contributed by atoms with Gasteiger partial charge in [-0.3, -0.25) is 4.90 Å². The second-order valence-electron chi connectivity index (χ2n) is 10.2. The van der Waals surface area contributed by atoms with Crippen molar-refractivity contribution in [3.05, 3.63) is 94.8 Å². The third kappa shape index (κ3) is 4.05. The summed E-state index contributed by atoms with van der Waals surface area (Å²) in [4.78, 5) is 14.8. The number of nitrogens with zero attached hydrogens (tertiary/aromatic N) is 1. The van der Waals surface area contributed by atoms with E-state index in [1.165, 1.54) is 11.0 Å². The van der Waals surface area contributed by atoms with Gasteiger partial charge in [0.1, 0.15) is 12.4 Å². The lowest BCUT2D eigenvalue weighted by Gasteiger charge is -2.51. The van der Waals surface area contributed by atoms with Gasteiger partial charge >= 0.3 is 12.3 Å². The molecule has 1 N–H and O–H groups in total. The van der Waals surface area contributed by atoms with E-state index in [1.54, 1.807) is 0 Å². The van der Waals surface area contributed by atoms with Crippen LogP contribution in [0.3, 0.4) is 0 Å². The summed E-state index contributed by atoms with van der Waals surface area (Å²) in [6.07, 6.45) is -5.83. The van der Waals surface area contributed by atoms with Crippen molar-refractivity contribution in [1.29, 1.82) is 0 Å². The number of morpholine rings is 1. The first-order valence-electron chi connectivity index (χ1n) is 12.5. The number of carbonyl (C=O) groups is 1. The summed E-state index contributed by atoms with van der Waals surface area (Å²) in [6, 6.07) is 17.5. The first-order chi connectivity index (χ1) is 18.2. The summed E-state index contributed by atoms with van der Waals surface area (Å²) in [5.41, 5.74) is 0.599. The summed E-state index contributed by atoms with van der Waals surface area (Å²) < 4.78 is 66.3. The average Bonchev–Trinajstić information content (AvgIpc) is 3.20. The molecule has 5 nitrogen and oxygen atoms in total. The highest BCUT2D eigenvalue weighted by Gasteiger charge is 2.51. The maximum atomic E-state index is 14.9. The molecule has 9 heteroatoms. The molecule has 0 saturated carbocycles. The van der Waals surface area contributed by atoms with Crippen LogP contribution in [0.2, 0.25) is 0 Å². The normalized spacial score (nSPS) is 24.6. The molecule has 0 aromatic heterocycles. The number of ether oxygens (including phenoxy) is 2. The Morgan fingerprint density at radius 1 is 0.947 bits per heavy atom. The van der Waals surface area contributed by atoms with Crippen molar-refractivity contribution < 1.29 is 36.9 Å². The smallest absolute Gasteiger partial charge is 0.419 e. The molecule has 6 rings (SSSR count). The fourth-order valence-corrected chi connectivity index (χ4v) is 6.27. The Balaban J connectivity index is 1.22. The van der Waals surface area contributed by atoms with Crippen LogP contribution in [-0.2, 0) is 21.3 Å². The summed E-state index contributed by atoms with van der Waals surface area (Å²) in [5.74, 6) is -1.63. The van der Waals surface area contributed by atoms with Gasteiger partial charge in [-0.25, -0.2) is 9.18 Å². The van der Waals surface area contributed by atoms with Gasteiger partial charge in [0.25, 0.3) is 0 Å². The molecule has 2 aliphatic heterocycles. The van der Waals surface area contributed by atoms with E-state index in [-0.39, 0.29) is 38.6 Å². The minimum absolute atomic E-state index is 0.0591. The monoisotopic (exact) mass is 527 g/mol. The van der Waals surface area contributed by atoms with Crippen LogP contribution >= 0.6 is 0 Å². The number of amides is 1. The highest BCUT2D eigenvalue weighted by molar-refractivity contribution is 5.79. The standard InChI is InChI=1S/C29H25F4NO4/c30-26-24(10-5-11-25(26)29(31,32)33)28(36)12-17-14-37-15-18(13-28)34(17)27(35)38-16-23-21-8-3-1-6-19(21)20-7-2-4-9-22(20)23/h1-11,17-18,23,36H,12-16H2. The first-order valence-corrected chi connectivity index (χ1v) is 12.5. The van der Waals surface area contributed by atoms with Crippen molar-refractivity contribution >= 4 is 6.09 Å². The quantitative estimate of drug-likeness (QED) is 0.435. The zero-order valence-electron chi connectivity index (χ0n) is 20.2. The van der Waals surface area contributed by atoms with E-state index in [1.807, 2.05) is 48.5 Å². The number of piperidine rings is 1. The predicted molar refractivity (Wildman–Crippen MR) is 130 cm³/mol. The molecule has 2 atom stereocenters. The Kier molecular flexibility index (Phi) is 5.96. The van der Waals surface area contributed by atoms with E-state index in [4.69, 9.17) is 9.47 Å². The molecule has 2 saturated heterocycles. The zero-order valence-corrected chi connectivity index (χ0v) is 20.2. The molecule has 2 bridgehead atoms. The van der Waals surface area contributed by atoms with E-state index >= 15 is 0 Å². The number of benzene rings is 3. The number of hydrogen-bond donors (Lipinski definition) is 1. The van der Waals surface area contributed by atoms with Gasteiger partial charge in [-0.05, 0) is 28.3 Å². The highest BCUT2D eigenvalue weighted by atomic mass is 19.4. The summed E-state index contributed by atoms with van der Waals surface area (Å²) in [7, 11) is 0. The van der Waals surface area contributed by atoms with Crippen molar-refractivity contribution in [2.45, 2.75) is 42.6 Å². The second kappa shape index (κ2) is 9.10. The molecule has 3 aromatic carbocycles. The fraction of sp³-hybridized carbons (Fsp3) is 0.345. The van der Waals surface area contributed by atoms with Crippen LogP contribution in [0.1, 0.15) is 41.0 Å². The molecule has 1 aliphatic carbocycles. The van der Waals surface area contributed by atoms with Gasteiger partial charge in [0.2, 0.25) is 0 Å². The van der Waals surface area contributed by atoms with Crippen LogP contribution in [0.15, 0.2) is 66.7 Å². The van der Waals surface area contributed by atoms with Crippen molar-refractivity contribution in [2.24, 2.45) is 0 Å². The van der Waals surface area contributed by atoms with Gasteiger partial charge in [0.05, 0.1) is 36.5 Å². The lowest BCUT2D eigenvalue weighted by atomic mass is 9.76. The maximum Gasteiger partial charge on any atom is 0.419 e. The molecular weight excluding hydrogens is 502 g/mol. The Morgan fingerprint density at radius 3 is 2.11 bits per heavy atom. The molecule has 3 aromatic rings. The Hall–Kier alpha value is -3.43. The van der Waals surface area contributed by atoms with Gasteiger partial charge in [0.15, 0.2) is 0 Å².